The molecule has 0 bridgehead atoms. The average molecular weight is 353 g/mol. The zero-order valence-corrected chi connectivity index (χ0v) is 12.9. The Morgan fingerprint density at radius 3 is 2.81 bits per heavy atom. The van der Waals surface area contributed by atoms with E-state index in [-0.39, 0.29) is 12.4 Å². The summed E-state index contributed by atoms with van der Waals surface area (Å²) < 4.78 is 19.3. The Bertz CT molecular complexity index is 677. The number of carbonyl (C=O) groups excluding carboxylic acids is 1. The van der Waals surface area contributed by atoms with Crippen molar-refractivity contribution in [2.75, 3.05) is 17.7 Å². The van der Waals surface area contributed by atoms with E-state index in [0.29, 0.717) is 15.8 Å². The first-order valence-corrected chi connectivity index (χ1v) is 6.99. The summed E-state index contributed by atoms with van der Waals surface area (Å²) in [5.74, 6) is -0.929. The SMILES string of the molecule is Cc1ccc(NC(=O)COc2cc(Br)ccc2F)c(N)c1. The van der Waals surface area contributed by atoms with Crippen LogP contribution in [-0.4, -0.2) is 12.5 Å². The highest BCUT2D eigenvalue weighted by Crippen LogP contribution is 2.22. The number of nitrogens with two attached hydrogens (primary N) is 1. The predicted octanol–water partition coefficient (Wildman–Crippen LogP) is 3.50. The molecule has 0 atom stereocenters. The van der Waals surface area contributed by atoms with Crippen LogP contribution in [0.4, 0.5) is 15.8 Å². The number of anilines is 2. The molecule has 6 heteroatoms. The highest BCUT2D eigenvalue weighted by Gasteiger charge is 2.09. The van der Waals surface area contributed by atoms with E-state index in [9.17, 15) is 9.18 Å². The third kappa shape index (κ3) is 4.19. The minimum Gasteiger partial charge on any atom is -0.481 e. The van der Waals surface area contributed by atoms with Crippen LogP contribution < -0.4 is 15.8 Å². The maximum absolute atomic E-state index is 13.5. The second-order valence-electron chi connectivity index (χ2n) is 4.50. The number of nitrogens with one attached hydrogen (secondary N) is 1. The van der Waals surface area contributed by atoms with E-state index in [0.717, 1.165) is 5.56 Å². The van der Waals surface area contributed by atoms with Gasteiger partial charge in [0, 0.05) is 4.47 Å². The molecule has 0 fully saturated rings. The van der Waals surface area contributed by atoms with Gasteiger partial charge in [0.25, 0.3) is 5.91 Å². The lowest BCUT2D eigenvalue weighted by atomic mass is 10.2. The van der Waals surface area contributed by atoms with Crippen molar-refractivity contribution in [2.45, 2.75) is 6.92 Å². The lowest BCUT2D eigenvalue weighted by molar-refractivity contribution is -0.118. The van der Waals surface area contributed by atoms with Gasteiger partial charge in [-0.3, -0.25) is 4.79 Å². The number of hydrogen-bond donors (Lipinski definition) is 2. The second kappa shape index (κ2) is 6.58. The van der Waals surface area contributed by atoms with Crippen molar-refractivity contribution in [3.8, 4) is 5.75 Å². The fourth-order valence-corrected chi connectivity index (χ4v) is 2.05. The van der Waals surface area contributed by atoms with Gasteiger partial charge in [-0.1, -0.05) is 22.0 Å². The van der Waals surface area contributed by atoms with Crippen molar-refractivity contribution in [1.82, 2.24) is 0 Å². The molecule has 2 rings (SSSR count). The molecule has 0 aliphatic carbocycles. The minimum absolute atomic E-state index is 0.0106. The second-order valence-corrected chi connectivity index (χ2v) is 5.42. The summed E-state index contributed by atoms with van der Waals surface area (Å²) in [4.78, 5) is 11.8. The molecular weight excluding hydrogens is 339 g/mol. The van der Waals surface area contributed by atoms with E-state index in [1.54, 1.807) is 18.2 Å². The summed E-state index contributed by atoms with van der Waals surface area (Å²) in [5, 5.41) is 2.62. The lowest BCUT2D eigenvalue weighted by Gasteiger charge is -2.10. The van der Waals surface area contributed by atoms with E-state index in [1.165, 1.54) is 12.1 Å². The van der Waals surface area contributed by atoms with Gasteiger partial charge in [-0.25, -0.2) is 4.39 Å². The van der Waals surface area contributed by atoms with Gasteiger partial charge in [0.1, 0.15) is 0 Å². The molecule has 2 aromatic rings. The number of nitrogen functional groups attached to an aromatic ring is 1. The van der Waals surface area contributed by atoms with Gasteiger partial charge in [-0.05, 0) is 42.8 Å². The van der Waals surface area contributed by atoms with Crippen LogP contribution in [0.3, 0.4) is 0 Å². The van der Waals surface area contributed by atoms with Crippen molar-refractivity contribution in [1.29, 1.82) is 0 Å². The Labute approximate surface area is 130 Å². The molecule has 0 saturated heterocycles. The maximum atomic E-state index is 13.5. The lowest BCUT2D eigenvalue weighted by Crippen LogP contribution is -2.21. The number of hydrogen-bond acceptors (Lipinski definition) is 3. The van der Waals surface area contributed by atoms with Crippen LogP contribution in [0.1, 0.15) is 5.56 Å². The molecule has 110 valence electrons. The molecule has 0 heterocycles. The van der Waals surface area contributed by atoms with Crippen molar-refractivity contribution in [2.24, 2.45) is 0 Å². The van der Waals surface area contributed by atoms with Crippen LogP contribution in [0, 0.1) is 12.7 Å². The molecule has 0 aliphatic heterocycles. The van der Waals surface area contributed by atoms with Gasteiger partial charge in [0.05, 0.1) is 11.4 Å². The Balaban J connectivity index is 1.97. The van der Waals surface area contributed by atoms with Gasteiger partial charge in [0.15, 0.2) is 18.2 Å². The van der Waals surface area contributed by atoms with Gasteiger partial charge in [0.2, 0.25) is 0 Å². The fraction of sp³-hybridized carbons (Fsp3) is 0.133. The number of carbonyl (C=O) groups is 1. The number of amides is 1. The third-order valence-corrected chi connectivity index (χ3v) is 3.23. The van der Waals surface area contributed by atoms with Gasteiger partial charge < -0.3 is 15.8 Å². The smallest absolute Gasteiger partial charge is 0.262 e. The molecule has 0 saturated carbocycles. The van der Waals surface area contributed by atoms with Crippen LogP contribution in [0.15, 0.2) is 40.9 Å². The zero-order chi connectivity index (χ0) is 15.4. The third-order valence-electron chi connectivity index (χ3n) is 2.73. The number of benzene rings is 2. The Kier molecular flexibility index (Phi) is 4.80. The molecule has 2 aromatic carbocycles. The molecule has 21 heavy (non-hydrogen) atoms. The van der Waals surface area contributed by atoms with Crippen LogP contribution in [0.25, 0.3) is 0 Å². The Hall–Kier alpha value is -2.08. The number of ether oxygens (including phenoxy) is 1. The van der Waals surface area contributed by atoms with Crippen LogP contribution >= 0.6 is 15.9 Å². The summed E-state index contributed by atoms with van der Waals surface area (Å²) in [6.45, 7) is 1.60. The summed E-state index contributed by atoms with van der Waals surface area (Å²) in [6, 6.07) is 9.57. The first-order valence-electron chi connectivity index (χ1n) is 6.19. The van der Waals surface area contributed by atoms with E-state index in [4.69, 9.17) is 10.5 Å². The number of halogens is 2. The molecule has 4 nitrogen and oxygen atoms in total. The van der Waals surface area contributed by atoms with Crippen LogP contribution in [0.2, 0.25) is 0 Å². The van der Waals surface area contributed by atoms with Crippen LogP contribution in [0.5, 0.6) is 5.75 Å². The Morgan fingerprint density at radius 1 is 1.33 bits per heavy atom. The van der Waals surface area contributed by atoms with Crippen molar-refractivity contribution in [3.05, 3.63) is 52.3 Å². The average Bonchev–Trinajstić information content (AvgIpc) is 2.43. The molecular formula is C15H14BrFN2O2. The van der Waals surface area contributed by atoms with E-state index in [1.807, 2.05) is 13.0 Å². The summed E-state index contributed by atoms with van der Waals surface area (Å²) in [5.41, 5.74) is 7.77. The molecule has 0 aromatic heterocycles. The minimum atomic E-state index is -0.527. The van der Waals surface area contributed by atoms with E-state index in [2.05, 4.69) is 21.2 Å². The van der Waals surface area contributed by atoms with Crippen molar-refractivity contribution >= 4 is 33.2 Å². The monoisotopic (exact) mass is 352 g/mol. The van der Waals surface area contributed by atoms with Crippen molar-refractivity contribution < 1.29 is 13.9 Å². The van der Waals surface area contributed by atoms with Gasteiger partial charge >= 0.3 is 0 Å². The molecule has 0 radical (unpaired) electrons. The molecule has 0 aliphatic rings. The quantitative estimate of drug-likeness (QED) is 0.827. The highest BCUT2D eigenvalue weighted by molar-refractivity contribution is 9.10. The molecule has 3 N–H and O–H groups in total. The summed E-state index contributed by atoms with van der Waals surface area (Å²) >= 11 is 3.21. The van der Waals surface area contributed by atoms with Crippen molar-refractivity contribution in [3.63, 3.8) is 0 Å². The standard InChI is InChI=1S/C15H14BrFN2O2/c1-9-2-5-13(12(18)6-9)19-15(20)8-21-14-7-10(16)3-4-11(14)17/h2-7H,8,18H2,1H3,(H,19,20). The number of rotatable bonds is 4. The Morgan fingerprint density at radius 2 is 2.10 bits per heavy atom. The number of aryl methyl sites for hydroxylation is 1. The molecule has 0 unspecified atom stereocenters. The van der Waals surface area contributed by atoms with Crippen LogP contribution in [-0.2, 0) is 4.79 Å². The summed E-state index contributed by atoms with van der Waals surface area (Å²) in [7, 11) is 0. The molecule has 1 amide bonds. The topological polar surface area (TPSA) is 64.3 Å². The summed E-state index contributed by atoms with van der Waals surface area (Å²) in [6.07, 6.45) is 0. The van der Waals surface area contributed by atoms with Gasteiger partial charge in [-0.2, -0.15) is 0 Å². The predicted molar refractivity (Wildman–Crippen MR) is 83.8 cm³/mol. The largest absolute Gasteiger partial charge is 0.481 e. The van der Waals surface area contributed by atoms with Gasteiger partial charge in [-0.15, -0.1) is 0 Å². The van der Waals surface area contributed by atoms with E-state index < -0.39 is 11.7 Å². The first-order chi connectivity index (χ1) is 9.95. The zero-order valence-electron chi connectivity index (χ0n) is 11.3. The maximum Gasteiger partial charge on any atom is 0.262 e. The normalized spacial score (nSPS) is 10.2. The molecule has 0 spiro atoms. The van der Waals surface area contributed by atoms with E-state index >= 15 is 0 Å². The first kappa shape index (κ1) is 15.3. The highest BCUT2D eigenvalue weighted by atomic mass is 79.9. The fourth-order valence-electron chi connectivity index (χ4n) is 1.71.